The predicted molar refractivity (Wildman–Crippen MR) is 94.0 cm³/mol. The van der Waals surface area contributed by atoms with Crippen LogP contribution in [0.3, 0.4) is 0 Å². The fraction of sp³-hybridized carbons (Fsp3) is 0.889. The number of likely N-dealkylation sites (N-methyl/N-ethyl adjacent to an activating group) is 2. The van der Waals surface area contributed by atoms with E-state index in [0.29, 0.717) is 18.6 Å². The van der Waals surface area contributed by atoms with Gasteiger partial charge in [-0.3, -0.25) is 19.4 Å². The lowest BCUT2D eigenvalue weighted by atomic mass is 9.94. The topological polar surface area (TPSA) is 64.1 Å². The van der Waals surface area contributed by atoms with Gasteiger partial charge in [0.15, 0.2) is 0 Å². The first-order chi connectivity index (χ1) is 11.5. The van der Waals surface area contributed by atoms with E-state index >= 15 is 0 Å². The molecular formula is C18H33N3O3. The van der Waals surface area contributed by atoms with Gasteiger partial charge in [0.2, 0.25) is 5.91 Å². The van der Waals surface area contributed by atoms with Gasteiger partial charge in [0.05, 0.1) is 13.1 Å². The van der Waals surface area contributed by atoms with Gasteiger partial charge in [-0.1, -0.05) is 19.3 Å². The standard InChI is InChI=1S/C18H33N3O3/c1-3-21(16-7-5-4-6-8-16)17(22)13-20-11-9-15(10-12-20)19(2)14-18(23)24/h15-16H,3-14H2,1-2H3,(H,23,24). The van der Waals surface area contributed by atoms with E-state index in [-0.39, 0.29) is 12.5 Å². The fourth-order valence-electron chi connectivity index (χ4n) is 4.17. The maximum atomic E-state index is 12.7. The molecule has 2 fully saturated rings. The zero-order chi connectivity index (χ0) is 17.5. The molecule has 1 aliphatic carbocycles. The van der Waals surface area contributed by atoms with Crippen molar-refractivity contribution in [1.82, 2.24) is 14.7 Å². The van der Waals surface area contributed by atoms with Crippen LogP contribution in [0, 0.1) is 0 Å². The van der Waals surface area contributed by atoms with Gasteiger partial charge in [0, 0.05) is 31.7 Å². The first kappa shape index (κ1) is 19.2. The maximum absolute atomic E-state index is 12.7. The van der Waals surface area contributed by atoms with Crippen LogP contribution in [-0.2, 0) is 9.59 Å². The third-order valence-corrected chi connectivity index (χ3v) is 5.60. The lowest BCUT2D eigenvalue weighted by Gasteiger charge is -2.38. The fourth-order valence-corrected chi connectivity index (χ4v) is 4.17. The molecule has 1 N–H and O–H groups in total. The van der Waals surface area contributed by atoms with E-state index in [1.165, 1.54) is 19.3 Å². The van der Waals surface area contributed by atoms with Gasteiger partial charge in [-0.05, 0) is 39.7 Å². The highest BCUT2D eigenvalue weighted by Gasteiger charge is 2.28. The molecule has 1 amide bonds. The number of carbonyl (C=O) groups is 2. The first-order valence-corrected chi connectivity index (χ1v) is 9.45. The second kappa shape index (κ2) is 9.37. The Balaban J connectivity index is 1.77. The van der Waals surface area contributed by atoms with Crippen molar-refractivity contribution in [3.63, 3.8) is 0 Å². The number of hydrogen-bond donors (Lipinski definition) is 1. The molecule has 24 heavy (non-hydrogen) atoms. The van der Waals surface area contributed by atoms with Gasteiger partial charge in [-0.15, -0.1) is 0 Å². The van der Waals surface area contributed by atoms with Gasteiger partial charge in [0.25, 0.3) is 0 Å². The molecule has 6 nitrogen and oxygen atoms in total. The van der Waals surface area contributed by atoms with Crippen LogP contribution >= 0.6 is 0 Å². The average molecular weight is 339 g/mol. The van der Waals surface area contributed by atoms with Crippen molar-refractivity contribution in [3.05, 3.63) is 0 Å². The minimum absolute atomic E-state index is 0.0922. The van der Waals surface area contributed by atoms with Gasteiger partial charge in [-0.2, -0.15) is 0 Å². The van der Waals surface area contributed by atoms with E-state index < -0.39 is 5.97 Å². The summed E-state index contributed by atoms with van der Waals surface area (Å²) in [6.07, 6.45) is 7.98. The smallest absolute Gasteiger partial charge is 0.317 e. The number of rotatable bonds is 7. The molecule has 0 aromatic heterocycles. The van der Waals surface area contributed by atoms with Gasteiger partial charge in [0.1, 0.15) is 0 Å². The Kier molecular flexibility index (Phi) is 7.49. The van der Waals surface area contributed by atoms with Gasteiger partial charge in [-0.25, -0.2) is 0 Å². The number of carboxylic acid groups (broad SMARTS) is 1. The third kappa shape index (κ3) is 5.45. The van der Waals surface area contributed by atoms with E-state index in [0.717, 1.165) is 45.3 Å². The van der Waals surface area contributed by atoms with Crippen molar-refractivity contribution in [2.45, 2.75) is 64.0 Å². The number of aliphatic carboxylic acids is 1. The number of carbonyl (C=O) groups excluding carboxylic acids is 1. The Morgan fingerprint density at radius 1 is 1.04 bits per heavy atom. The van der Waals surface area contributed by atoms with E-state index in [4.69, 9.17) is 5.11 Å². The van der Waals surface area contributed by atoms with Crippen molar-refractivity contribution in [2.75, 3.05) is 39.8 Å². The Morgan fingerprint density at radius 2 is 1.67 bits per heavy atom. The molecule has 0 aromatic carbocycles. The molecule has 2 aliphatic rings. The minimum atomic E-state index is -0.777. The second-order valence-corrected chi connectivity index (χ2v) is 7.29. The summed E-state index contributed by atoms with van der Waals surface area (Å²) in [5, 5.41) is 8.90. The summed E-state index contributed by atoms with van der Waals surface area (Å²) in [6, 6.07) is 0.753. The second-order valence-electron chi connectivity index (χ2n) is 7.29. The summed E-state index contributed by atoms with van der Waals surface area (Å²) in [7, 11) is 1.88. The number of carboxylic acids is 1. The number of nitrogens with zero attached hydrogens (tertiary/aromatic N) is 3. The molecule has 6 heteroatoms. The largest absolute Gasteiger partial charge is 0.480 e. The lowest BCUT2D eigenvalue weighted by molar-refractivity contribution is -0.138. The molecule has 2 rings (SSSR count). The molecule has 0 atom stereocenters. The van der Waals surface area contributed by atoms with Crippen LogP contribution in [0.2, 0.25) is 0 Å². The Bertz CT molecular complexity index is 416. The monoisotopic (exact) mass is 339 g/mol. The van der Waals surface area contributed by atoms with Crippen molar-refractivity contribution in [2.24, 2.45) is 0 Å². The van der Waals surface area contributed by atoms with Crippen molar-refractivity contribution < 1.29 is 14.7 Å². The zero-order valence-electron chi connectivity index (χ0n) is 15.2. The minimum Gasteiger partial charge on any atom is -0.480 e. The lowest BCUT2D eigenvalue weighted by Crippen LogP contribution is -2.50. The van der Waals surface area contributed by atoms with Gasteiger partial charge >= 0.3 is 5.97 Å². The summed E-state index contributed by atoms with van der Waals surface area (Å²) in [6.45, 7) is 5.25. The van der Waals surface area contributed by atoms with Crippen molar-refractivity contribution >= 4 is 11.9 Å². The van der Waals surface area contributed by atoms with Crippen molar-refractivity contribution in [1.29, 1.82) is 0 Å². The van der Waals surface area contributed by atoms with Crippen LogP contribution in [0.15, 0.2) is 0 Å². The van der Waals surface area contributed by atoms with Crippen LogP contribution in [-0.4, -0.2) is 83.5 Å². The zero-order valence-corrected chi connectivity index (χ0v) is 15.2. The van der Waals surface area contributed by atoms with Gasteiger partial charge < -0.3 is 10.0 Å². The van der Waals surface area contributed by atoms with E-state index in [1.807, 2.05) is 11.9 Å². The summed E-state index contributed by atoms with van der Waals surface area (Å²) < 4.78 is 0. The molecule has 0 aromatic rings. The Morgan fingerprint density at radius 3 is 2.21 bits per heavy atom. The average Bonchev–Trinajstić information content (AvgIpc) is 2.56. The van der Waals surface area contributed by atoms with E-state index in [9.17, 15) is 9.59 Å². The highest BCUT2D eigenvalue weighted by molar-refractivity contribution is 5.78. The van der Waals surface area contributed by atoms with E-state index in [1.54, 1.807) is 0 Å². The third-order valence-electron chi connectivity index (χ3n) is 5.60. The molecule has 1 saturated carbocycles. The van der Waals surface area contributed by atoms with Crippen LogP contribution < -0.4 is 0 Å². The predicted octanol–water partition coefficient (Wildman–Crippen LogP) is 1.65. The molecule has 0 unspecified atom stereocenters. The number of piperidine rings is 1. The number of amides is 1. The Hall–Kier alpha value is -1.14. The summed E-state index contributed by atoms with van der Waals surface area (Å²) >= 11 is 0. The maximum Gasteiger partial charge on any atom is 0.317 e. The number of likely N-dealkylation sites (tertiary alicyclic amines) is 1. The normalized spacial score (nSPS) is 21.1. The molecular weight excluding hydrogens is 306 g/mol. The Labute approximate surface area is 145 Å². The van der Waals surface area contributed by atoms with Crippen molar-refractivity contribution in [3.8, 4) is 0 Å². The highest BCUT2D eigenvalue weighted by Crippen LogP contribution is 2.23. The molecule has 0 spiro atoms. The molecule has 138 valence electrons. The van der Waals surface area contributed by atoms with Crippen LogP contribution in [0.4, 0.5) is 0 Å². The molecule has 1 aliphatic heterocycles. The SMILES string of the molecule is CCN(C(=O)CN1CCC(N(C)CC(=O)O)CC1)C1CCCCC1. The summed E-state index contributed by atoms with van der Waals surface area (Å²) in [5.41, 5.74) is 0. The number of hydrogen-bond acceptors (Lipinski definition) is 4. The van der Waals surface area contributed by atoms with Crippen LogP contribution in [0.25, 0.3) is 0 Å². The highest BCUT2D eigenvalue weighted by atomic mass is 16.4. The first-order valence-electron chi connectivity index (χ1n) is 9.45. The molecule has 0 bridgehead atoms. The van der Waals surface area contributed by atoms with Crippen LogP contribution in [0.1, 0.15) is 51.9 Å². The van der Waals surface area contributed by atoms with E-state index in [2.05, 4.69) is 16.7 Å². The molecule has 0 radical (unpaired) electrons. The molecule has 1 saturated heterocycles. The summed E-state index contributed by atoms with van der Waals surface area (Å²) in [4.78, 5) is 29.8. The quantitative estimate of drug-likeness (QED) is 0.764. The summed E-state index contributed by atoms with van der Waals surface area (Å²) in [5.74, 6) is -0.511. The van der Waals surface area contributed by atoms with Crippen LogP contribution in [0.5, 0.6) is 0 Å². The molecule has 1 heterocycles.